The Balaban J connectivity index is 2.00. The zero-order valence-electron chi connectivity index (χ0n) is 14.7. The summed E-state index contributed by atoms with van der Waals surface area (Å²) in [5.41, 5.74) is -0.950. The summed E-state index contributed by atoms with van der Waals surface area (Å²) in [4.78, 5) is 18.8. The zero-order chi connectivity index (χ0) is 21.2. The molecule has 0 fully saturated rings. The summed E-state index contributed by atoms with van der Waals surface area (Å²) >= 11 is 5.98. The third-order valence-electron chi connectivity index (χ3n) is 3.81. The third kappa shape index (κ3) is 4.72. The molecule has 2 aromatic carbocycles. The van der Waals surface area contributed by atoms with Gasteiger partial charge in [-0.15, -0.1) is 0 Å². The lowest BCUT2D eigenvalue weighted by atomic mass is 10.1. The molecular weight excluding hydrogens is 413 g/mol. The number of aromatic nitrogens is 2. The predicted molar refractivity (Wildman–Crippen MR) is 100 cm³/mol. The van der Waals surface area contributed by atoms with E-state index in [1.165, 1.54) is 43.5 Å². The molecule has 29 heavy (non-hydrogen) atoms. The van der Waals surface area contributed by atoms with Crippen molar-refractivity contribution in [3.05, 3.63) is 69.4 Å². The Morgan fingerprint density at radius 1 is 1.14 bits per heavy atom. The Morgan fingerprint density at radius 3 is 2.55 bits per heavy atom. The molecule has 0 aliphatic rings. The van der Waals surface area contributed by atoms with Gasteiger partial charge in [-0.1, -0.05) is 23.7 Å². The van der Waals surface area contributed by atoms with Crippen LogP contribution in [0.15, 0.2) is 48.5 Å². The zero-order valence-corrected chi connectivity index (χ0v) is 15.5. The van der Waals surface area contributed by atoms with E-state index in [4.69, 9.17) is 16.3 Å². The van der Waals surface area contributed by atoms with Crippen LogP contribution < -0.4 is 10.1 Å². The van der Waals surface area contributed by atoms with E-state index in [0.29, 0.717) is 0 Å². The summed E-state index contributed by atoms with van der Waals surface area (Å²) in [7, 11) is 1.37. The average Bonchev–Trinajstić information content (AvgIpc) is 2.67. The van der Waals surface area contributed by atoms with Crippen LogP contribution in [-0.2, 0) is 6.18 Å². The second-order valence-electron chi connectivity index (χ2n) is 5.74. The molecule has 0 saturated carbocycles. The van der Waals surface area contributed by atoms with Crippen LogP contribution in [0.3, 0.4) is 0 Å². The van der Waals surface area contributed by atoms with Crippen LogP contribution in [0.25, 0.3) is 11.4 Å². The van der Waals surface area contributed by atoms with Crippen molar-refractivity contribution < 1.29 is 22.8 Å². The van der Waals surface area contributed by atoms with E-state index in [1.807, 2.05) is 0 Å². The first-order chi connectivity index (χ1) is 13.7. The number of anilines is 2. The van der Waals surface area contributed by atoms with E-state index in [1.54, 1.807) is 0 Å². The molecule has 0 unspecified atom stereocenters. The van der Waals surface area contributed by atoms with E-state index < -0.39 is 16.7 Å². The summed E-state index contributed by atoms with van der Waals surface area (Å²) < 4.78 is 43.8. The van der Waals surface area contributed by atoms with Gasteiger partial charge in [-0.25, -0.2) is 9.97 Å². The van der Waals surface area contributed by atoms with Gasteiger partial charge in [0.15, 0.2) is 5.82 Å². The number of alkyl halides is 3. The Bertz CT molecular complexity index is 1080. The smallest absolute Gasteiger partial charge is 0.416 e. The van der Waals surface area contributed by atoms with Crippen LogP contribution in [0.5, 0.6) is 5.75 Å². The van der Waals surface area contributed by atoms with Crippen LogP contribution in [0.4, 0.5) is 30.4 Å². The maximum atomic E-state index is 13.0. The average molecular weight is 425 g/mol. The van der Waals surface area contributed by atoms with Crippen molar-refractivity contribution in [3.63, 3.8) is 0 Å². The maximum absolute atomic E-state index is 13.0. The Kier molecular flexibility index (Phi) is 5.55. The fraction of sp³-hybridized carbons (Fsp3) is 0.111. The highest BCUT2D eigenvalue weighted by Crippen LogP contribution is 2.34. The van der Waals surface area contributed by atoms with Crippen molar-refractivity contribution in [2.45, 2.75) is 6.18 Å². The van der Waals surface area contributed by atoms with Gasteiger partial charge in [0.2, 0.25) is 0 Å². The van der Waals surface area contributed by atoms with Crippen molar-refractivity contribution in [2.24, 2.45) is 0 Å². The van der Waals surface area contributed by atoms with E-state index >= 15 is 0 Å². The van der Waals surface area contributed by atoms with Crippen molar-refractivity contribution in [2.75, 3.05) is 12.4 Å². The number of methoxy groups -OCH3 is 1. The first-order valence-corrected chi connectivity index (χ1v) is 8.37. The monoisotopic (exact) mass is 424 g/mol. The highest BCUT2D eigenvalue weighted by atomic mass is 35.5. The number of hydrogen-bond acceptors (Lipinski definition) is 6. The molecular formula is C18H12ClF3N4O3. The van der Waals surface area contributed by atoms with Gasteiger partial charge in [-0.3, -0.25) is 10.1 Å². The second kappa shape index (κ2) is 7.92. The quantitative estimate of drug-likeness (QED) is 0.331. The van der Waals surface area contributed by atoms with Crippen molar-refractivity contribution in [1.82, 2.24) is 9.97 Å². The van der Waals surface area contributed by atoms with Gasteiger partial charge in [0.05, 0.1) is 23.7 Å². The molecule has 1 heterocycles. The largest absolute Gasteiger partial charge is 0.496 e. The first-order valence-electron chi connectivity index (χ1n) is 7.99. The fourth-order valence-corrected chi connectivity index (χ4v) is 2.66. The Morgan fingerprint density at radius 2 is 1.90 bits per heavy atom. The molecule has 0 atom stereocenters. The molecule has 0 radical (unpaired) electrons. The van der Waals surface area contributed by atoms with Gasteiger partial charge < -0.3 is 10.1 Å². The molecule has 1 N–H and O–H groups in total. The second-order valence-corrected chi connectivity index (χ2v) is 6.13. The highest BCUT2D eigenvalue weighted by molar-refractivity contribution is 6.29. The van der Waals surface area contributed by atoms with Gasteiger partial charge in [-0.05, 0) is 24.3 Å². The Labute approximate surface area is 167 Å². The number of benzene rings is 2. The number of nitro groups is 1. The molecule has 11 heteroatoms. The van der Waals surface area contributed by atoms with Gasteiger partial charge in [0.25, 0.3) is 5.69 Å². The summed E-state index contributed by atoms with van der Waals surface area (Å²) in [5, 5.41) is 14.0. The van der Waals surface area contributed by atoms with Gasteiger partial charge >= 0.3 is 6.18 Å². The van der Waals surface area contributed by atoms with E-state index in [-0.39, 0.29) is 39.5 Å². The first kappa shape index (κ1) is 20.3. The van der Waals surface area contributed by atoms with Crippen LogP contribution in [0.1, 0.15) is 5.56 Å². The SMILES string of the molecule is COc1ccc(Nc2cc(Cl)nc(-c3cccc(C(F)(F)F)c3)n2)c([N+](=O)[O-])c1. The Hall–Kier alpha value is -3.40. The molecule has 3 rings (SSSR count). The third-order valence-corrected chi connectivity index (χ3v) is 4.00. The number of nitro benzene ring substituents is 1. The lowest BCUT2D eigenvalue weighted by Gasteiger charge is -2.11. The van der Waals surface area contributed by atoms with Crippen molar-refractivity contribution >= 4 is 28.8 Å². The van der Waals surface area contributed by atoms with Gasteiger partial charge in [-0.2, -0.15) is 13.2 Å². The molecule has 3 aromatic rings. The molecule has 0 aliphatic carbocycles. The lowest BCUT2D eigenvalue weighted by molar-refractivity contribution is -0.384. The minimum absolute atomic E-state index is 0.0499. The number of nitrogens with zero attached hydrogens (tertiary/aromatic N) is 3. The number of ether oxygens (including phenoxy) is 1. The molecule has 0 saturated heterocycles. The molecule has 0 spiro atoms. The summed E-state index contributed by atoms with van der Waals surface area (Å²) in [5.74, 6) is 0.292. The number of rotatable bonds is 5. The maximum Gasteiger partial charge on any atom is 0.416 e. The number of nitrogens with one attached hydrogen (secondary N) is 1. The highest BCUT2D eigenvalue weighted by Gasteiger charge is 2.30. The van der Waals surface area contributed by atoms with Gasteiger partial charge in [0.1, 0.15) is 22.4 Å². The number of halogens is 4. The summed E-state index contributed by atoms with van der Waals surface area (Å²) in [6.07, 6.45) is -4.53. The summed E-state index contributed by atoms with van der Waals surface area (Å²) in [6, 6.07) is 9.89. The molecule has 150 valence electrons. The van der Waals surface area contributed by atoms with E-state index in [9.17, 15) is 23.3 Å². The molecule has 0 aliphatic heterocycles. The van der Waals surface area contributed by atoms with Crippen LogP contribution >= 0.6 is 11.6 Å². The van der Waals surface area contributed by atoms with Crippen LogP contribution in [0.2, 0.25) is 5.15 Å². The van der Waals surface area contributed by atoms with Crippen LogP contribution in [0, 0.1) is 10.1 Å². The predicted octanol–water partition coefficient (Wildman–Crippen LogP) is 5.48. The molecule has 0 bridgehead atoms. The summed E-state index contributed by atoms with van der Waals surface area (Å²) in [6.45, 7) is 0. The lowest BCUT2D eigenvalue weighted by Crippen LogP contribution is -2.05. The molecule has 1 aromatic heterocycles. The topological polar surface area (TPSA) is 90.2 Å². The van der Waals surface area contributed by atoms with Crippen molar-refractivity contribution in [1.29, 1.82) is 0 Å². The number of hydrogen-bond donors (Lipinski definition) is 1. The minimum atomic E-state index is -4.53. The van der Waals surface area contributed by atoms with E-state index in [0.717, 1.165) is 12.1 Å². The minimum Gasteiger partial charge on any atom is -0.496 e. The van der Waals surface area contributed by atoms with E-state index in [2.05, 4.69) is 15.3 Å². The molecule has 7 nitrogen and oxygen atoms in total. The van der Waals surface area contributed by atoms with Crippen LogP contribution in [-0.4, -0.2) is 22.0 Å². The fourth-order valence-electron chi connectivity index (χ4n) is 2.48. The van der Waals surface area contributed by atoms with Crippen molar-refractivity contribution in [3.8, 4) is 17.1 Å². The molecule has 0 amide bonds. The normalized spacial score (nSPS) is 11.2. The standard InChI is InChI=1S/C18H12ClF3N4O3/c1-29-12-5-6-13(14(8-12)26(27)28)23-16-9-15(19)24-17(25-16)10-3-2-4-11(7-10)18(20,21)22/h2-9H,1H3,(H,23,24,25). The van der Waals surface area contributed by atoms with Gasteiger partial charge in [0, 0.05) is 11.6 Å².